The molecule has 4 aliphatic rings. The molecule has 2 N–H and O–H groups in total. The monoisotopic (exact) mass is 445 g/mol. The van der Waals surface area contributed by atoms with Gasteiger partial charge in [0.05, 0.1) is 18.2 Å². The summed E-state index contributed by atoms with van der Waals surface area (Å²) in [5, 5.41) is 0. The molecular formula is C25H32ClNO4. The van der Waals surface area contributed by atoms with E-state index in [9.17, 15) is 4.79 Å². The molecule has 0 radical (unpaired) electrons. The third kappa shape index (κ3) is 4.73. The molecule has 31 heavy (non-hydrogen) atoms. The SMILES string of the molecule is COc1ccc(CCc2ncccc2OC(=O)C23CC4CC(CC(C4)C2)C3)cc1.Cl.O. The Hall–Kier alpha value is -2.11. The van der Waals surface area contributed by atoms with Gasteiger partial charge in [0.25, 0.3) is 0 Å². The van der Waals surface area contributed by atoms with Crippen molar-refractivity contribution < 1.29 is 19.7 Å². The minimum atomic E-state index is -0.238. The van der Waals surface area contributed by atoms with Crippen LogP contribution in [0.1, 0.15) is 49.8 Å². The molecule has 0 atom stereocenters. The van der Waals surface area contributed by atoms with E-state index in [1.807, 2.05) is 24.3 Å². The Morgan fingerprint density at radius 2 is 1.61 bits per heavy atom. The van der Waals surface area contributed by atoms with Crippen LogP contribution in [0.15, 0.2) is 42.6 Å². The number of carbonyl (C=O) groups excluding carboxylic acids is 1. The summed E-state index contributed by atoms with van der Waals surface area (Å²) < 4.78 is 11.3. The lowest BCUT2D eigenvalue weighted by atomic mass is 9.49. The molecular weight excluding hydrogens is 414 g/mol. The topological polar surface area (TPSA) is 79.9 Å². The van der Waals surface area contributed by atoms with E-state index in [1.165, 1.54) is 24.8 Å². The molecule has 1 aromatic carbocycles. The van der Waals surface area contributed by atoms with Gasteiger partial charge < -0.3 is 14.9 Å². The number of carbonyl (C=O) groups is 1. The fraction of sp³-hybridized carbons (Fsp3) is 0.520. The fourth-order valence-electron chi connectivity index (χ4n) is 6.33. The number of esters is 1. The van der Waals surface area contributed by atoms with E-state index >= 15 is 0 Å². The number of rotatable bonds is 6. The van der Waals surface area contributed by atoms with E-state index < -0.39 is 0 Å². The molecule has 0 spiro atoms. The van der Waals surface area contributed by atoms with Gasteiger partial charge in [0, 0.05) is 6.20 Å². The number of aromatic nitrogens is 1. The van der Waals surface area contributed by atoms with Gasteiger partial charge >= 0.3 is 5.97 Å². The predicted molar refractivity (Wildman–Crippen MR) is 122 cm³/mol. The van der Waals surface area contributed by atoms with E-state index in [4.69, 9.17) is 9.47 Å². The fourth-order valence-corrected chi connectivity index (χ4v) is 6.33. The largest absolute Gasteiger partial charge is 0.497 e. The summed E-state index contributed by atoms with van der Waals surface area (Å²) in [4.78, 5) is 17.8. The normalized spacial score (nSPS) is 27.7. The molecule has 6 heteroatoms. The Morgan fingerprint density at radius 3 is 2.19 bits per heavy atom. The van der Waals surface area contributed by atoms with Crippen LogP contribution in [0.5, 0.6) is 11.5 Å². The predicted octanol–water partition coefficient (Wildman–Crippen LogP) is 4.59. The van der Waals surface area contributed by atoms with Gasteiger partial charge in [-0.2, -0.15) is 0 Å². The highest BCUT2D eigenvalue weighted by Gasteiger charge is 2.55. The number of methoxy groups -OCH3 is 1. The molecule has 5 nitrogen and oxygen atoms in total. The highest BCUT2D eigenvalue weighted by molar-refractivity contribution is 5.85. The number of nitrogens with zero attached hydrogens (tertiary/aromatic N) is 1. The Morgan fingerprint density at radius 1 is 1.00 bits per heavy atom. The first-order valence-electron chi connectivity index (χ1n) is 10.9. The molecule has 4 fully saturated rings. The highest BCUT2D eigenvalue weighted by Crippen LogP contribution is 2.60. The maximum atomic E-state index is 13.3. The second-order valence-corrected chi connectivity index (χ2v) is 9.38. The van der Waals surface area contributed by atoms with Crippen molar-refractivity contribution in [3.8, 4) is 11.5 Å². The Labute approximate surface area is 190 Å². The van der Waals surface area contributed by atoms with Gasteiger partial charge in [-0.15, -0.1) is 12.4 Å². The molecule has 0 aliphatic heterocycles. The molecule has 1 heterocycles. The molecule has 0 amide bonds. The van der Waals surface area contributed by atoms with Crippen molar-refractivity contribution in [2.45, 2.75) is 51.4 Å². The van der Waals surface area contributed by atoms with Crippen LogP contribution < -0.4 is 9.47 Å². The summed E-state index contributed by atoms with van der Waals surface area (Å²) in [6, 6.07) is 11.9. The van der Waals surface area contributed by atoms with E-state index in [2.05, 4.69) is 17.1 Å². The molecule has 1 aromatic heterocycles. The second-order valence-electron chi connectivity index (χ2n) is 9.38. The van der Waals surface area contributed by atoms with E-state index in [0.29, 0.717) is 5.75 Å². The van der Waals surface area contributed by atoms with E-state index in [-0.39, 0.29) is 29.3 Å². The average Bonchev–Trinajstić information content (AvgIpc) is 2.72. The number of pyridine rings is 1. The third-order valence-corrected chi connectivity index (χ3v) is 7.33. The average molecular weight is 446 g/mol. The lowest BCUT2D eigenvalue weighted by molar-refractivity contribution is -0.161. The minimum Gasteiger partial charge on any atom is -0.497 e. The van der Waals surface area contributed by atoms with Gasteiger partial charge in [-0.05, 0) is 98.9 Å². The van der Waals surface area contributed by atoms with Gasteiger partial charge in [0.15, 0.2) is 5.75 Å². The summed E-state index contributed by atoms with van der Waals surface area (Å²) in [6.07, 6.45) is 10.4. The van der Waals surface area contributed by atoms with Crippen molar-refractivity contribution in [1.82, 2.24) is 4.98 Å². The van der Waals surface area contributed by atoms with Gasteiger partial charge in [-0.25, -0.2) is 0 Å². The molecule has 168 valence electrons. The highest BCUT2D eigenvalue weighted by atomic mass is 35.5. The van der Waals surface area contributed by atoms with Crippen molar-refractivity contribution in [1.29, 1.82) is 0 Å². The summed E-state index contributed by atoms with van der Waals surface area (Å²) >= 11 is 0. The zero-order chi connectivity index (χ0) is 19.8. The van der Waals surface area contributed by atoms with E-state index in [1.54, 1.807) is 13.3 Å². The molecule has 6 rings (SSSR count). The first-order chi connectivity index (χ1) is 14.1. The van der Waals surface area contributed by atoms with Crippen molar-refractivity contribution in [2.75, 3.05) is 7.11 Å². The number of aryl methyl sites for hydroxylation is 2. The third-order valence-electron chi connectivity index (χ3n) is 7.33. The number of halogens is 1. The number of hydrogen-bond donors (Lipinski definition) is 0. The summed E-state index contributed by atoms with van der Waals surface area (Å²) in [6.45, 7) is 0. The number of hydrogen-bond acceptors (Lipinski definition) is 4. The van der Waals surface area contributed by atoms with Crippen LogP contribution in [0.2, 0.25) is 0 Å². The maximum Gasteiger partial charge on any atom is 0.317 e. The first-order valence-corrected chi connectivity index (χ1v) is 10.9. The second kappa shape index (κ2) is 9.58. The lowest BCUT2D eigenvalue weighted by Gasteiger charge is -2.55. The van der Waals surface area contributed by atoms with Gasteiger partial charge in [-0.1, -0.05) is 12.1 Å². The van der Waals surface area contributed by atoms with E-state index in [0.717, 1.165) is 61.3 Å². The molecule has 2 aromatic rings. The molecule has 4 bridgehead atoms. The van der Waals surface area contributed by atoms with Crippen LogP contribution >= 0.6 is 12.4 Å². The molecule has 0 saturated heterocycles. The summed E-state index contributed by atoms with van der Waals surface area (Å²) in [5.41, 5.74) is 1.84. The zero-order valence-corrected chi connectivity index (χ0v) is 18.8. The minimum absolute atomic E-state index is 0. The van der Waals surface area contributed by atoms with Crippen molar-refractivity contribution in [3.63, 3.8) is 0 Å². The maximum absolute atomic E-state index is 13.3. The van der Waals surface area contributed by atoms with Gasteiger partial charge in [0.1, 0.15) is 5.75 Å². The number of ether oxygens (including phenoxy) is 2. The Balaban J connectivity index is 0.00000136. The summed E-state index contributed by atoms with van der Waals surface area (Å²) in [7, 11) is 1.67. The standard InChI is InChI=1S/C25H29NO3.ClH.H2O/c1-28-21-7-4-17(5-8-21)6-9-22-23(3-2-10-26-22)29-24(27)25-14-18-11-19(15-25)13-20(12-18)16-25;;/h2-5,7-8,10,18-20H,6,9,11-16H2,1H3;1H;1H2. The first kappa shape index (κ1) is 23.6. The van der Waals surface area contributed by atoms with Crippen LogP contribution in [0, 0.1) is 23.2 Å². The number of benzene rings is 1. The molecule has 4 aliphatic carbocycles. The van der Waals surface area contributed by atoms with Crippen molar-refractivity contribution in [2.24, 2.45) is 23.2 Å². The molecule has 0 unspecified atom stereocenters. The zero-order valence-electron chi connectivity index (χ0n) is 18.0. The van der Waals surface area contributed by atoms with Crippen molar-refractivity contribution in [3.05, 3.63) is 53.9 Å². The van der Waals surface area contributed by atoms with Gasteiger partial charge in [-0.3, -0.25) is 9.78 Å². The van der Waals surface area contributed by atoms with Crippen molar-refractivity contribution >= 4 is 18.4 Å². The summed E-state index contributed by atoms with van der Waals surface area (Å²) in [5.74, 6) is 3.69. The van der Waals surface area contributed by atoms with Crippen LogP contribution in [0.4, 0.5) is 0 Å². The Bertz CT molecular complexity index is 863. The van der Waals surface area contributed by atoms with Gasteiger partial charge in [0.2, 0.25) is 0 Å². The van der Waals surface area contributed by atoms with Crippen LogP contribution in [0.3, 0.4) is 0 Å². The van der Waals surface area contributed by atoms with Crippen LogP contribution in [0.25, 0.3) is 0 Å². The lowest BCUT2D eigenvalue weighted by Crippen LogP contribution is -2.51. The van der Waals surface area contributed by atoms with Crippen LogP contribution in [-0.2, 0) is 17.6 Å². The molecule has 4 saturated carbocycles. The smallest absolute Gasteiger partial charge is 0.317 e. The quantitative estimate of drug-likeness (QED) is 0.609. The Kier molecular flexibility index (Phi) is 7.28. The van der Waals surface area contributed by atoms with Crippen LogP contribution in [-0.4, -0.2) is 23.5 Å².